The quantitative estimate of drug-likeness (QED) is 0.582. The second-order valence-electron chi connectivity index (χ2n) is 5.85. The van der Waals surface area contributed by atoms with Crippen LogP contribution >= 0.6 is 63.9 Å². The predicted molar refractivity (Wildman–Crippen MR) is 120 cm³/mol. The van der Waals surface area contributed by atoms with Crippen molar-refractivity contribution < 1.29 is 9.59 Å². The number of halogens is 1. The zero-order valence-electron chi connectivity index (χ0n) is 14.2. The molecule has 0 saturated carbocycles. The molecule has 2 aliphatic heterocycles. The molecule has 0 aliphatic carbocycles. The van der Waals surface area contributed by atoms with E-state index in [2.05, 4.69) is 15.9 Å². The van der Waals surface area contributed by atoms with Gasteiger partial charge in [-0.05, 0) is 31.5 Å². The van der Waals surface area contributed by atoms with E-state index < -0.39 is 10.5 Å². The highest BCUT2D eigenvalue weighted by Crippen LogP contribution is 2.46. The average molecular weight is 490 g/mol. The van der Waals surface area contributed by atoms with Crippen molar-refractivity contribution in [1.29, 1.82) is 0 Å². The highest BCUT2D eigenvalue weighted by atomic mass is 79.9. The Morgan fingerprint density at radius 3 is 1.73 bits per heavy atom. The molecule has 2 aliphatic rings. The molecule has 0 spiro atoms. The van der Waals surface area contributed by atoms with Crippen LogP contribution in [-0.4, -0.2) is 53.8 Å². The molecule has 1 aromatic carbocycles. The van der Waals surface area contributed by atoms with Crippen LogP contribution in [0.3, 0.4) is 0 Å². The second kappa shape index (κ2) is 8.26. The second-order valence-corrected chi connectivity index (χ2v) is 10.3. The van der Waals surface area contributed by atoms with Crippen molar-refractivity contribution >= 4 is 84.3 Å². The first-order valence-corrected chi connectivity index (χ1v) is 11.5. The fourth-order valence-corrected chi connectivity index (χ4v) is 7.08. The Morgan fingerprint density at radius 1 is 0.962 bits per heavy atom. The lowest BCUT2D eigenvalue weighted by atomic mass is 9.90. The molecule has 2 heterocycles. The number of amides is 2. The summed E-state index contributed by atoms with van der Waals surface area (Å²) >= 11 is 17.0. The maximum absolute atomic E-state index is 13.0. The Labute approximate surface area is 180 Å². The van der Waals surface area contributed by atoms with Gasteiger partial charge >= 0.3 is 0 Å². The first-order valence-electron chi connectivity index (χ1n) is 8.18. The van der Waals surface area contributed by atoms with E-state index in [0.717, 1.165) is 10.0 Å². The summed E-state index contributed by atoms with van der Waals surface area (Å²) in [5.74, 6) is -0.337. The van der Waals surface area contributed by atoms with Crippen LogP contribution in [0.5, 0.6) is 0 Å². The first kappa shape index (κ1) is 20.3. The third-order valence-corrected chi connectivity index (χ3v) is 8.34. The van der Waals surface area contributed by atoms with Gasteiger partial charge in [0.25, 0.3) is 0 Å². The number of nitrogens with zero attached hydrogens (tertiary/aromatic N) is 2. The molecule has 2 atom stereocenters. The summed E-state index contributed by atoms with van der Waals surface area (Å²) in [6.07, 6.45) is 0. The van der Waals surface area contributed by atoms with Gasteiger partial charge in [0, 0.05) is 23.5 Å². The largest absolute Gasteiger partial charge is 0.297 e. The number of carbonyl (C=O) groups excluding carboxylic acids is 2. The van der Waals surface area contributed by atoms with Crippen molar-refractivity contribution in [2.75, 3.05) is 13.1 Å². The van der Waals surface area contributed by atoms with Crippen molar-refractivity contribution in [2.45, 2.75) is 30.3 Å². The molecule has 0 unspecified atom stereocenters. The topological polar surface area (TPSA) is 40.6 Å². The predicted octanol–water partition coefficient (Wildman–Crippen LogP) is 4.03. The van der Waals surface area contributed by atoms with Crippen molar-refractivity contribution in [3.05, 3.63) is 34.3 Å². The summed E-state index contributed by atoms with van der Waals surface area (Å²) in [5.41, 5.74) is 0.950. The zero-order valence-corrected chi connectivity index (χ0v) is 19.0. The van der Waals surface area contributed by atoms with Gasteiger partial charge in [-0.3, -0.25) is 19.4 Å². The molecule has 2 saturated heterocycles. The van der Waals surface area contributed by atoms with Crippen LogP contribution in [0.2, 0.25) is 0 Å². The van der Waals surface area contributed by atoms with E-state index in [-0.39, 0.29) is 17.7 Å². The van der Waals surface area contributed by atoms with Gasteiger partial charge in [0.1, 0.15) is 8.64 Å². The lowest BCUT2D eigenvalue weighted by Gasteiger charge is -2.26. The van der Waals surface area contributed by atoms with Crippen molar-refractivity contribution in [1.82, 2.24) is 9.80 Å². The van der Waals surface area contributed by atoms with Gasteiger partial charge in [0.15, 0.2) is 0 Å². The fourth-order valence-electron chi connectivity index (χ4n) is 3.15. The Kier molecular flexibility index (Phi) is 6.44. The Morgan fingerprint density at radius 2 is 1.38 bits per heavy atom. The Hall–Kier alpha value is -0.480. The number of hydrogen-bond donors (Lipinski definition) is 0. The number of thioether (sulfide) groups is 2. The van der Waals surface area contributed by atoms with Crippen LogP contribution in [-0.2, 0) is 9.59 Å². The molecule has 0 radical (unpaired) electrons. The minimum Gasteiger partial charge on any atom is -0.297 e. The highest BCUT2D eigenvalue weighted by Gasteiger charge is 2.50. The van der Waals surface area contributed by atoms with Crippen LogP contribution in [0.25, 0.3) is 0 Å². The summed E-state index contributed by atoms with van der Waals surface area (Å²) in [7, 11) is 0. The van der Waals surface area contributed by atoms with Gasteiger partial charge in [-0.15, -0.1) is 0 Å². The summed E-state index contributed by atoms with van der Waals surface area (Å²) in [4.78, 5) is 29.2. The standard InChI is InChI=1S/C17H17BrN2O2S4/c1-3-19-14(21)12(25-16(19)23)11(9-5-7-10(18)8-6-9)13-15(22)20(4-2)17(24)26-13/h5-8,11-13H,3-4H2,1-2H3/t12-,13-/m1/s1. The smallest absolute Gasteiger partial charge is 0.242 e. The van der Waals surface area contributed by atoms with Crippen molar-refractivity contribution in [2.24, 2.45) is 0 Å². The van der Waals surface area contributed by atoms with E-state index >= 15 is 0 Å². The van der Waals surface area contributed by atoms with Gasteiger partial charge in [-0.25, -0.2) is 0 Å². The van der Waals surface area contributed by atoms with Crippen LogP contribution in [0, 0.1) is 0 Å². The molecule has 3 rings (SSSR count). The summed E-state index contributed by atoms with van der Waals surface area (Å²) < 4.78 is 2.11. The molecule has 4 nitrogen and oxygen atoms in total. The maximum atomic E-state index is 13.0. The summed E-state index contributed by atoms with van der Waals surface area (Å²) in [5, 5.41) is -0.825. The van der Waals surface area contributed by atoms with Gasteiger partial charge in [-0.2, -0.15) is 0 Å². The molecule has 0 N–H and O–H groups in total. The number of carbonyl (C=O) groups is 2. The monoisotopic (exact) mass is 488 g/mol. The number of benzene rings is 1. The highest BCUT2D eigenvalue weighted by molar-refractivity contribution is 9.10. The normalized spacial score (nSPS) is 23.7. The van der Waals surface area contributed by atoms with Crippen molar-refractivity contribution in [3.8, 4) is 0 Å². The van der Waals surface area contributed by atoms with Gasteiger partial charge < -0.3 is 0 Å². The molecule has 2 amide bonds. The summed E-state index contributed by atoms with van der Waals surface area (Å²) in [6.45, 7) is 4.90. The Bertz CT molecular complexity index is 729. The number of thiocarbonyl (C=S) groups is 2. The first-order chi connectivity index (χ1) is 12.4. The van der Waals surface area contributed by atoms with E-state index in [1.165, 1.54) is 23.5 Å². The average Bonchev–Trinajstić information content (AvgIpc) is 3.05. The molecule has 1 aromatic rings. The van der Waals surface area contributed by atoms with E-state index in [0.29, 0.717) is 21.7 Å². The summed E-state index contributed by atoms with van der Waals surface area (Å²) in [6, 6.07) is 7.79. The van der Waals surface area contributed by atoms with Crippen LogP contribution in [0.15, 0.2) is 28.7 Å². The third-order valence-electron chi connectivity index (χ3n) is 4.45. The maximum Gasteiger partial charge on any atom is 0.242 e. The number of rotatable bonds is 5. The van der Waals surface area contributed by atoms with E-state index in [4.69, 9.17) is 24.4 Å². The van der Waals surface area contributed by atoms with Gasteiger partial charge in [-0.1, -0.05) is 76.0 Å². The van der Waals surface area contributed by atoms with Crippen molar-refractivity contribution in [3.63, 3.8) is 0 Å². The molecule has 0 aromatic heterocycles. The third kappa shape index (κ3) is 3.61. The lowest BCUT2D eigenvalue weighted by molar-refractivity contribution is -0.127. The van der Waals surface area contributed by atoms with E-state index in [1.54, 1.807) is 9.80 Å². The minimum absolute atomic E-state index is 0.0234. The fraction of sp³-hybridized carbons (Fsp3) is 0.412. The molecular formula is C17H17BrN2O2S4. The van der Waals surface area contributed by atoms with Crippen LogP contribution in [0.4, 0.5) is 0 Å². The Balaban J connectivity index is 2.02. The van der Waals surface area contributed by atoms with Crippen LogP contribution in [0.1, 0.15) is 25.3 Å². The molecule has 138 valence electrons. The SMILES string of the molecule is CCN1C(=O)[C@@H](C(c2ccc(Br)cc2)[C@H]2SC(=S)N(CC)C2=O)SC1=S. The molecule has 9 heteroatoms. The van der Waals surface area contributed by atoms with E-state index in [1.807, 2.05) is 38.1 Å². The van der Waals surface area contributed by atoms with E-state index in [9.17, 15) is 9.59 Å². The lowest BCUT2D eigenvalue weighted by Crippen LogP contribution is -2.40. The molecule has 26 heavy (non-hydrogen) atoms. The molecule has 0 bridgehead atoms. The molecule has 2 fully saturated rings. The zero-order chi connectivity index (χ0) is 19.0. The minimum atomic E-state index is -0.412. The van der Waals surface area contributed by atoms with Gasteiger partial charge in [0.05, 0.1) is 10.5 Å². The van der Waals surface area contributed by atoms with Crippen LogP contribution < -0.4 is 0 Å². The molecular weight excluding hydrogens is 472 g/mol. The number of hydrogen-bond acceptors (Lipinski definition) is 6. The van der Waals surface area contributed by atoms with Gasteiger partial charge in [0.2, 0.25) is 11.8 Å².